The van der Waals surface area contributed by atoms with Crippen molar-refractivity contribution in [3.63, 3.8) is 0 Å². The van der Waals surface area contributed by atoms with Crippen molar-refractivity contribution in [2.24, 2.45) is 11.7 Å². The van der Waals surface area contributed by atoms with Gasteiger partial charge in [-0.1, -0.05) is 29.6 Å². The Bertz CT molecular complexity index is 467. The summed E-state index contributed by atoms with van der Waals surface area (Å²) in [5.41, 5.74) is 6.30. The van der Waals surface area contributed by atoms with Crippen molar-refractivity contribution in [2.75, 3.05) is 11.9 Å². The maximum Gasteiger partial charge on any atom is 0.319 e. The number of anilines is 1. The summed E-state index contributed by atoms with van der Waals surface area (Å²) in [6, 6.07) is 4.91. The van der Waals surface area contributed by atoms with Crippen LogP contribution in [-0.2, 0) is 0 Å². The van der Waals surface area contributed by atoms with Gasteiger partial charge in [0.15, 0.2) is 0 Å². The average Bonchev–Trinajstić information content (AvgIpc) is 2.81. The lowest BCUT2D eigenvalue weighted by molar-refractivity contribution is 0.245. The van der Waals surface area contributed by atoms with Gasteiger partial charge < -0.3 is 16.4 Å². The first-order chi connectivity index (χ1) is 9.10. The van der Waals surface area contributed by atoms with Crippen LogP contribution in [0.25, 0.3) is 0 Å². The second-order valence-corrected chi connectivity index (χ2v) is 5.57. The van der Waals surface area contributed by atoms with Crippen LogP contribution in [0.4, 0.5) is 10.5 Å². The zero-order valence-electron chi connectivity index (χ0n) is 10.5. The van der Waals surface area contributed by atoms with Crippen LogP contribution >= 0.6 is 23.2 Å². The van der Waals surface area contributed by atoms with Gasteiger partial charge in [0.1, 0.15) is 0 Å². The Balaban J connectivity index is 1.92. The summed E-state index contributed by atoms with van der Waals surface area (Å²) in [6.07, 6.45) is 3.17. The molecule has 1 aromatic rings. The van der Waals surface area contributed by atoms with Gasteiger partial charge in [0.25, 0.3) is 0 Å². The number of hydrogen-bond acceptors (Lipinski definition) is 2. The zero-order chi connectivity index (χ0) is 13.8. The Kier molecular flexibility index (Phi) is 4.91. The summed E-state index contributed by atoms with van der Waals surface area (Å²) in [7, 11) is 0. The molecular formula is C13H17Cl2N3O. The van der Waals surface area contributed by atoms with Crippen LogP contribution in [0.1, 0.15) is 19.3 Å². The van der Waals surface area contributed by atoms with Gasteiger partial charge in [0.2, 0.25) is 0 Å². The number of urea groups is 1. The molecule has 2 amide bonds. The van der Waals surface area contributed by atoms with Crippen LogP contribution in [-0.4, -0.2) is 18.6 Å². The van der Waals surface area contributed by atoms with E-state index in [2.05, 4.69) is 10.6 Å². The average molecular weight is 302 g/mol. The van der Waals surface area contributed by atoms with Crippen molar-refractivity contribution in [1.29, 1.82) is 0 Å². The summed E-state index contributed by atoms with van der Waals surface area (Å²) < 4.78 is 0. The third-order valence-corrected chi connectivity index (χ3v) is 4.19. The Morgan fingerprint density at radius 3 is 2.79 bits per heavy atom. The summed E-state index contributed by atoms with van der Waals surface area (Å²) >= 11 is 11.7. The highest BCUT2D eigenvalue weighted by Gasteiger charge is 2.27. The van der Waals surface area contributed by atoms with Crippen LogP contribution in [0.2, 0.25) is 10.0 Å². The number of amides is 2. The fourth-order valence-corrected chi connectivity index (χ4v) is 2.72. The largest absolute Gasteiger partial charge is 0.335 e. The van der Waals surface area contributed by atoms with Crippen molar-refractivity contribution in [2.45, 2.75) is 25.3 Å². The molecule has 104 valence electrons. The Morgan fingerprint density at radius 2 is 2.11 bits per heavy atom. The molecular weight excluding hydrogens is 285 g/mol. The molecule has 0 saturated heterocycles. The fraction of sp³-hybridized carbons (Fsp3) is 0.462. The smallest absolute Gasteiger partial charge is 0.319 e. The van der Waals surface area contributed by atoms with Crippen LogP contribution in [0.3, 0.4) is 0 Å². The third kappa shape index (κ3) is 3.75. The molecule has 0 aliphatic heterocycles. The highest BCUT2D eigenvalue weighted by atomic mass is 35.5. The number of rotatable bonds is 3. The van der Waals surface area contributed by atoms with E-state index in [-0.39, 0.29) is 12.1 Å². The number of carbonyl (C=O) groups excluding carboxylic acids is 1. The second kappa shape index (κ2) is 6.46. The molecule has 0 radical (unpaired) electrons. The van der Waals surface area contributed by atoms with Crippen molar-refractivity contribution < 1.29 is 4.79 Å². The van der Waals surface area contributed by atoms with Gasteiger partial charge in [-0.15, -0.1) is 0 Å². The Labute approximate surface area is 122 Å². The van der Waals surface area contributed by atoms with Crippen LogP contribution in [0, 0.1) is 5.92 Å². The van der Waals surface area contributed by atoms with Crippen LogP contribution in [0.5, 0.6) is 0 Å². The lowest BCUT2D eigenvalue weighted by atomic mass is 10.0. The van der Waals surface area contributed by atoms with Gasteiger partial charge in [-0.3, -0.25) is 0 Å². The number of hydrogen-bond donors (Lipinski definition) is 3. The predicted molar refractivity (Wildman–Crippen MR) is 78.8 cm³/mol. The second-order valence-electron chi connectivity index (χ2n) is 4.76. The standard InChI is InChI=1S/C13H17Cl2N3O/c14-10-5-4-9(6-11(10)15)17-13(19)18-12-3-1-2-8(12)7-16/h4-6,8,12H,1-3,7,16H2,(H2,17,18,19). The monoisotopic (exact) mass is 301 g/mol. The van der Waals surface area contributed by atoms with E-state index in [0.29, 0.717) is 28.2 Å². The first-order valence-electron chi connectivity index (χ1n) is 6.33. The van der Waals surface area contributed by atoms with Crippen molar-refractivity contribution in [1.82, 2.24) is 5.32 Å². The molecule has 4 N–H and O–H groups in total. The molecule has 1 aliphatic carbocycles. The normalized spacial score (nSPS) is 22.3. The van der Waals surface area contributed by atoms with Gasteiger partial charge >= 0.3 is 6.03 Å². The summed E-state index contributed by atoms with van der Waals surface area (Å²) in [5.74, 6) is 0.375. The number of carbonyl (C=O) groups is 1. The molecule has 19 heavy (non-hydrogen) atoms. The predicted octanol–water partition coefficient (Wildman–Crippen LogP) is 3.24. The molecule has 2 rings (SSSR count). The molecule has 1 aliphatic rings. The lowest BCUT2D eigenvalue weighted by Crippen LogP contribution is -2.42. The molecule has 0 heterocycles. The zero-order valence-corrected chi connectivity index (χ0v) is 12.0. The Hall–Kier alpha value is -0.970. The van der Waals surface area contributed by atoms with E-state index in [9.17, 15) is 4.79 Å². The van der Waals surface area contributed by atoms with Gasteiger partial charge in [0.05, 0.1) is 10.0 Å². The minimum Gasteiger partial charge on any atom is -0.335 e. The van der Waals surface area contributed by atoms with Crippen molar-refractivity contribution in [3.05, 3.63) is 28.2 Å². The number of nitrogens with two attached hydrogens (primary N) is 1. The number of benzene rings is 1. The number of nitrogens with one attached hydrogen (secondary N) is 2. The van der Waals surface area contributed by atoms with E-state index in [1.54, 1.807) is 18.2 Å². The van der Waals surface area contributed by atoms with Crippen LogP contribution in [0.15, 0.2) is 18.2 Å². The van der Waals surface area contributed by atoms with Gasteiger partial charge in [-0.05, 0) is 43.5 Å². The van der Waals surface area contributed by atoms with E-state index < -0.39 is 0 Å². The Morgan fingerprint density at radius 1 is 1.32 bits per heavy atom. The van der Waals surface area contributed by atoms with Crippen molar-refractivity contribution in [3.8, 4) is 0 Å². The molecule has 0 aromatic heterocycles. The maximum atomic E-state index is 11.9. The number of halogens is 2. The molecule has 1 saturated carbocycles. The highest BCUT2D eigenvalue weighted by molar-refractivity contribution is 6.42. The van der Waals surface area contributed by atoms with E-state index in [0.717, 1.165) is 19.3 Å². The third-order valence-electron chi connectivity index (χ3n) is 3.46. The first kappa shape index (κ1) is 14.4. The van der Waals surface area contributed by atoms with E-state index in [1.165, 1.54) is 0 Å². The summed E-state index contributed by atoms with van der Waals surface area (Å²) in [6.45, 7) is 0.609. The maximum absolute atomic E-state index is 11.9. The summed E-state index contributed by atoms with van der Waals surface area (Å²) in [5, 5.41) is 6.59. The van der Waals surface area contributed by atoms with Gasteiger partial charge in [-0.25, -0.2) is 4.79 Å². The quantitative estimate of drug-likeness (QED) is 0.802. The SMILES string of the molecule is NCC1CCCC1NC(=O)Nc1ccc(Cl)c(Cl)c1. The molecule has 2 atom stereocenters. The first-order valence-corrected chi connectivity index (χ1v) is 7.08. The fourth-order valence-electron chi connectivity index (χ4n) is 2.42. The molecule has 6 heteroatoms. The highest BCUT2D eigenvalue weighted by Crippen LogP contribution is 2.26. The van der Waals surface area contributed by atoms with E-state index in [4.69, 9.17) is 28.9 Å². The molecule has 0 bridgehead atoms. The minimum absolute atomic E-state index is 0.160. The van der Waals surface area contributed by atoms with E-state index >= 15 is 0 Å². The topological polar surface area (TPSA) is 67.1 Å². The molecule has 0 spiro atoms. The van der Waals surface area contributed by atoms with Gasteiger partial charge in [-0.2, -0.15) is 0 Å². The van der Waals surface area contributed by atoms with E-state index in [1.807, 2.05) is 0 Å². The minimum atomic E-state index is -0.233. The molecule has 4 nitrogen and oxygen atoms in total. The molecule has 2 unspecified atom stereocenters. The molecule has 1 fully saturated rings. The summed E-state index contributed by atoms with van der Waals surface area (Å²) in [4.78, 5) is 11.9. The van der Waals surface area contributed by atoms with Gasteiger partial charge in [0, 0.05) is 11.7 Å². The molecule has 1 aromatic carbocycles. The van der Waals surface area contributed by atoms with Crippen molar-refractivity contribution >= 4 is 34.9 Å². The lowest BCUT2D eigenvalue weighted by Gasteiger charge is -2.19. The van der Waals surface area contributed by atoms with Crippen LogP contribution < -0.4 is 16.4 Å².